The number of aryl methyl sites for hydroxylation is 2. The Morgan fingerprint density at radius 3 is 2.72 bits per heavy atom. The van der Waals surface area contributed by atoms with E-state index in [2.05, 4.69) is 35.6 Å². The highest BCUT2D eigenvalue weighted by Crippen LogP contribution is 2.26. The first-order chi connectivity index (χ1) is 8.60. The SMILES string of the molecule is COc1ccc(C)c(NC(C)c2csc(C)n2)c1. The molecular formula is C14H18N2OS. The molecule has 2 aromatic rings. The third-order valence-electron chi connectivity index (χ3n) is 2.90. The highest BCUT2D eigenvalue weighted by molar-refractivity contribution is 7.09. The van der Waals surface area contributed by atoms with Gasteiger partial charge in [-0.2, -0.15) is 0 Å². The Balaban J connectivity index is 2.18. The smallest absolute Gasteiger partial charge is 0.120 e. The van der Waals surface area contributed by atoms with Crippen molar-refractivity contribution in [2.75, 3.05) is 12.4 Å². The Labute approximate surface area is 112 Å². The summed E-state index contributed by atoms with van der Waals surface area (Å²) in [5.74, 6) is 0.866. The average Bonchev–Trinajstić information content (AvgIpc) is 2.79. The highest BCUT2D eigenvalue weighted by atomic mass is 32.1. The van der Waals surface area contributed by atoms with Crippen LogP contribution in [-0.2, 0) is 0 Å². The molecule has 0 radical (unpaired) electrons. The van der Waals surface area contributed by atoms with E-state index in [4.69, 9.17) is 4.74 Å². The zero-order valence-corrected chi connectivity index (χ0v) is 12.0. The molecule has 0 amide bonds. The summed E-state index contributed by atoms with van der Waals surface area (Å²) in [5.41, 5.74) is 3.38. The van der Waals surface area contributed by atoms with Crippen LogP contribution in [0.2, 0.25) is 0 Å². The zero-order valence-electron chi connectivity index (χ0n) is 11.2. The van der Waals surface area contributed by atoms with E-state index >= 15 is 0 Å². The van der Waals surface area contributed by atoms with Crippen molar-refractivity contribution in [2.45, 2.75) is 26.8 Å². The molecule has 0 aliphatic rings. The van der Waals surface area contributed by atoms with Crippen LogP contribution in [0.3, 0.4) is 0 Å². The van der Waals surface area contributed by atoms with E-state index in [1.165, 1.54) is 5.56 Å². The van der Waals surface area contributed by atoms with Crippen molar-refractivity contribution in [3.05, 3.63) is 39.8 Å². The third-order valence-corrected chi connectivity index (χ3v) is 3.69. The molecule has 2 rings (SSSR count). The van der Waals surface area contributed by atoms with Crippen LogP contribution in [0.1, 0.15) is 29.2 Å². The number of aromatic nitrogens is 1. The van der Waals surface area contributed by atoms with Crippen LogP contribution in [-0.4, -0.2) is 12.1 Å². The van der Waals surface area contributed by atoms with E-state index < -0.39 is 0 Å². The molecule has 0 spiro atoms. The molecule has 1 aromatic carbocycles. The van der Waals surface area contributed by atoms with Crippen molar-refractivity contribution in [1.82, 2.24) is 4.98 Å². The summed E-state index contributed by atoms with van der Waals surface area (Å²) in [6, 6.07) is 6.24. The number of nitrogens with one attached hydrogen (secondary N) is 1. The Hall–Kier alpha value is -1.55. The maximum Gasteiger partial charge on any atom is 0.120 e. The van der Waals surface area contributed by atoms with Crippen molar-refractivity contribution in [3.8, 4) is 5.75 Å². The van der Waals surface area contributed by atoms with Crippen molar-refractivity contribution >= 4 is 17.0 Å². The second-order valence-electron chi connectivity index (χ2n) is 4.34. The third kappa shape index (κ3) is 2.82. The van der Waals surface area contributed by atoms with E-state index in [1.54, 1.807) is 18.4 Å². The number of ether oxygens (including phenoxy) is 1. The minimum absolute atomic E-state index is 0.195. The summed E-state index contributed by atoms with van der Waals surface area (Å²) >= 11 is 1.68. The van der Waals surface area contributed by atoms with E-state index in [-0.39, 0.29) is 6.04 Å². The molecule has 1 unspecified atom stereocenters. The number of methoxy groups -OCH3 is 1. The molecule has 1 heterocycles. The minimum atomic E-state index is 0.195. The van der Waals surface area contributed by atoms with Crippen LogP contribution in [0, 0.1) is 13.8 Å². The molecule has 0 aliphatic heterocycles. The van der Waals surface area contributed by atoms with Crippen molar-refractivity contribution in [2.24, 2.45) is 0 Å². The number of anilines is 1. The molecule has 4 heteroatoms. The largest absolute Gasteiger partial charge is 0.497 e. The van der Waals surface area contributed by atoms with Crippen LogP contribution in [0.5, 0.6) is 5.75 Å². The van der Waals surface area contributed by atoms with Gasteiger partial charge in [0.15, 0.2) is 0 Å². The summed E-state index contributed by atoms with van der Waals surface area (Å²) in [7, 11) is 1.68. The maximum atomic E-state index is 5.25. The summed E-state index contributed by atoms with van der Waals surface area (Å²) in [6.07, 6.45) is 0. The Morgan fingerprint density at radius 1 is 1.33 bits per heavy atom. The predicted octanol–water partition coefficient (Wildman–Crippen LogP) is 3.94. The van der Waals surface area contributed by atoms with Crippen LogP contribution in [0.4, 0.5) is 5.69 Å². The lowest BCUT2D eigenvalue weighted by Gasteiger charge is -2.16. The molecule has 3 nitrogen and oxygen atoms in total. The lowest BCUT2D eigenvalue weighted by molar-refractivity contribution is 0.415. The molecule has 0 saturated carbocycles. The number of nitrogens with zero attached hydrogens (tertiary/aromatic N) is 1. The predicted molar refractivity (Wildman–Crippen MR) is 76.6 cm³/mol. The molecule has 18 heavy (non-hydrogen) atoms. The first-order valence-corrected chi connectivity index (χ1v) is 6.81. The first kappa shape index (κ1) is 12.9. The van der Waals surface area contributed by atoms with Gasteiger partial charge < -0.3 is 10.1 Å². The second kappa shape index (κ2) is 5.40. The van der Waals surface area contributed by atoms with E-state index in [0.717, 1.165) is 22.1 Å². The van der Waals surface area contributed by atoms with Gasteiger partial charge in [0.25, 0.3) is 0 Å². The number of hydrogen-bond acceptors (Lipinski definition) is 4. The molecule has 0 aliphatic carbocycles. The molecule has 96 valence electrons. The molecular weight excluding hydrogens is 244 g/mol. The van der Waals surface area contributed by atoms with E-state index in [0.29, 0.717) is 0 Å². The number of rotatable bonds is 4. The highest BCUT2D eigenvalue weighted by Gasteiger charge is 2.10. The molecule has 0 saturated heterocycles. The van der Waals surface area contributed by atoms with Gasteiger partial charge in [0.05, 0.1) is 23.9 Å². The van der Waals surface area contributed by atoms with Gasteiger partial charge in [0.2, 0.25) is 0 Å². The molecule has 1 atom stereocenters. The fraction of sp³-hybridized carbons (Fsp3) is 0.357. The number of benzene rings is 1. The first-order valence-electron chi connectivity index (χ1n) is 5.93. The number of thiazole rings is 1. The standard InChI is InChI=1S/C14H18N2OS/c1-9-5-6-12(17-4)7-13(9)15-10(2)14-8-18-11(3)16-14/h5-8,10,15H,1-4H3. The second-order valence-corrected chi connectivity index (χ2v) is 5.40. The molecule has 1 N–H and O–H groups in total. The molecule has 0 fully saturated rings. The molecule has 0 bridgehead atoms. The lowest BCUT2D eigenvalue weighted by Crippen LogP contribution is -2.08. The van der Waals surface area contributed by atoms with Crippen molar-refractivity contribution in [1.29, 1.82) is 0 Å². The monoisotopic (exact) mass is 262 g/mol. The normalized spacial score (nSPS) is 12.2. The van der Waals surface area contributed by atoms with Gasteiger partial charge in [-0.1, -0.05) is 6.07 Å². The Kier molecular flexibility index (Phi) is 3.87. The van der Waals surface area contributed by atoms with Crippen LogP contribution < -0.4 is 10.1 Å². The van der Waals surface area contributed by atoms with Gasteiger partial charge in [-0.15, -0.1) is 11.3 Å². The van der Waals surface area contributed by atoms with Gasteiger partial charge >= 0.3 is 0 Å². The topological polar surface area (TPSA) is 34.1 Å². The molecule has 1 aromatic heterocycles. The van der Waals surface area contributed by atoms with Gasteiger partial charge in [0.1, 0.15) is 5.75 Å². The van der Waals surface area contributed by atoms with E-state index in [1.807, 2.05) is 19.1 Å². The zero-order chi connectivity index (χ0) is 13.1. The fourth-order valence-corrected chi connectivity index (χ4v) is 2.48. The van der Waals surface area contributed by atoms with E-state index in [9.17, 15) is 0 Å². The van der Waals surface area contributed by atoms with Gasteiger partial charge in [-0.3, -0.25) is 0 Å². The Morgan fingerprint density at radius 2 is 2.11 bits per heavy atom. The van der Waals surface area contributed by atoms with Crippen molar-refractivity contribution in [3.63, 3.8) is 0 Å². The number of hydrogen-bond donors (Lipinski definition) is 1. The van der Waals surface area contributed by atoms with Gasteiger partial charge in [-0.05, 0) is 32.4 Å². The summed E-state index contributed by atoms with van der Waals surface area (Å²) in [6.45, 7) is 6.23. The lowest BCUT2D eigenvalue weighted by atomic mass is 10.1. The summed E-state index contributed by atoms with van der Waals surface area (Å²) in [5, 5.41) is 6.68. The van der Waals surface area contributed by atoms with Crippen LogP contribution in [0.25, 0.3) is 0 Å². The Bertz CT molecular complexity index is 536. The summed E-state index contributed by atoms with van der Waals surface area (Å²) < 4.78 is 5.25. The average molecular weight is 262 g/mol. The van der Waals surface area contributed by atoms with Crippen LogP contribution in [0.15, 0.2) is 23.6 Å². The minimum Gasteiger partial charge on any atom is -0.497 e. The quantitative estimate of drug-likeness (QED) is 0.906. The van der Waals surface area contributed by atoms with Crippen LogP contribution >= 0.6 is 11.3 Å². The van der Waals surface area contributed by atoms with Crippen molar-refractivity contribution < 1.29 is 4.74 Å². The summed E-state index contributed by atoms with van der Waals surface area (Å²) in [4.78, 5) is 4.50. The van der Waals surface area contributed by atoms with Gasteiger partial charge in [0, 0.05) is 17.1 Å². The fourth-order valence-electron chi connectivity index (χ4n) is 1.77. The van der Waals surface area contributed by atoms with Gasteiger partial charge in [-0.25, -0.2) is 4.98 Å². The maximum absolute atomic E-state index is 5.25.